The van der Waals surface area contributed by atoms with Gasteiger partial charge in [-0.3, -0.25) is 4.79 Å². The normalized spacial score (nSPS) is 19.3. The van der Waals surface area contributed by atoms with Crippen molar-refractivity contribution < 1.29 is 9.53 Å². The van der Waals surface area contributed by atoms with Gasteiger partial charge in [-0.15, -0.1) is 0 Å². The van der Waals surface area contributed by atoms with Crippen LogP contribution in [0.2, 0.25) is 5.02 Å². The van der Waals surface area contributed by atoms with E-state index in [1.807, 2.05) is 24.4 Å². The molecule has 140 valence electrons. The molecule has 1 aliphatic carbocycles. The van der Waals surface area contributed by atoms with Crippen LogP contribution in [-0.2, 0) is 11.3 Å². The van der Waals surface area contributed by atoms with Crippen LogP contribution in [0.15, 0.2) is 24.4 Å². The maximum absolute atomic E-state index is 12.9. The van der Waals surface area contributed by atoms with Crippen LogP contribution in [0, 0.1) is 11.8 Å². The van der Waals surface area contributed by atoms with Crippen molar-refractivity contribution in [1.82, 2.24) is 9.88 Å². The summed E-state index contributed by atoms with van der Waals surface area (Å²) in [5, 5.41) is 4.69. The number of nitrogens with zero attached hydrogens (tertiary/aromatic N) is 1. The molecule has 1 N–H and O–H groups in total. The van der Waals surface area contributed by atoms with Gasteiger partial charge in [0, 0.05) is 30.6 Å². The summed E-state index contributed by atoms with van der Waals surface area (Å²) >= 11 is 6.46. The second kappa shape index (κ2) is 8.01. The third kappa shape index (κ3) is 3.77. The number of nitrogens with one attached hydrogen (secondary N) is 1. The highest BCUT2D eigenvalue weighted by Gasteiger charge is 2.23. The van der Waals surface area contributed by atoms with Gasteiger partial charge < -0.3 is 14.6 Å². The van der Waals surface area contributed by atoms with Crippen LogP contribution in [-0.4, -0.2) is 30.2 Å². The summed E-state index contributed by atoms with van der Waals surface area (Å²) in [5.41, 5.74) is 1.73. The molecule has 0 atom stereocenters. The standard InChI is InChI=1S/C21H27ClN2O2/c22-18-8-5-9-19-20(18)17(12-24(19)11-16-13-26-14-16)21(25)23-10-15-6-3-1-2-4-7-15/h5,8-9,12,15-16H,1-4,6-7,10-11,13-14H2,(H,23,25). The molecule has 1 aromatic carbocycles. The van der Waals surface area contributed by atoms with E-state index in [2.05, 4.69) is 9.88 Å². The van der Waals surface area contributed by atoms with Gasteiger partial charge >= 0.3 is 0 Å². The first-order valence-corrected chi connectivity index (χ1v) is 10.2. The van der Waals surface area contributed by atoms with Crippen molar-refractivity contribution in [3.05, 3.63) is 35.0 Å². The van der Waals surface area contributed by atoms with Crippen molar-refractivity contribution in [3.8, 4) is 0 Å². The van der Waals surface area contributed by atoms with Gasteiger partial charge in [-0.2, -0.15) is 0 Å². The average molecular weight is 375 g/mol. The zero-order valence-electron chi connectivity index (χ0n) is 15.2. The summed E-state index contributed by atoms with van der Waals surface area (Å²) in [7, 11) is 0. The molecular formula is C21H27ClN2O2. The number of benzene rings is 1. The van der Waals surface area contributed by atoms with Crippen LogP contribution < -0.4 is 5.32 Å². The maximum atomic E-state index is 12.9. The first-order chi connectivity index (χ1) is 12.7. The number of halogens is 1. The predicted molar refractivity (Wildman–Crippen MR) is 105 cm³/mol. The molecule has 0 unspecified atom stereocenters. The van der Waals surface area contributed by atoms with Gasteiger partial charge in [-0.25, -0.2) is 0 Å². The Balaban J connectivity index is 1.53. The van der Waals surface area contributed by atoms with Crippen molar-refractivity contribution >= 4 is 28.4 Å². The molecule has 1 aromatic heterocycles. The Kier molecular flexibility index (Phi) is 5.51. The summed E-state index contributed by atoms with van der Waals surface area (Å²) in [5.74, 6) is 1.12. The van der Waals surface area contributed by atoms with E-state index in [4.69, 9.17) is 16.3 Å². The zero-order valence-corrected chi connectivity index (χ0v) is 15.9. The van der Waals surface area contributed by atoms with Crippen LogP contribution in [0.4, 0.5) is 0 Å². The number of hydrogen-bond acceptors (Lipinski definition) is 2. The number of ether oxygens (including phenoxy) is 1. The van der Waals surface area contributed by atoms with Crippen molar-refractivity contribution in [2.75, 3.05) is 19.8 Å². The third-order valence-corrected chi connectivity index (χ3v) is 6.10. The SMILES string of the molecule is O=C(NCC1CCCCCC1)c1cn(CC2COC2)c2cccc(Cl)c12. The van der Waals surface area contributed by atoms with E-state index in [9.17, 15) is 4.79 Å². The average Bonchev–Trinajstić information content (AvgIpc) is 2.78. The molecule has 2 fully saturated rings. The third-order valence-electron chi connectivity index (χ3n) is 5.79. The van der Waals surface area contributed by atoms with E-state index in [0.29, 0.717) is 22.4 Å². The molecule has 4 nitrogen and oxygen atoms in total. The van der Waals surface area contributed by atoms with Crippen LogP contribution in [0.3, 0.4) is 0 Å². The molecule has 0 radical (unpaired) electrons. The van der Waals surface area contributed by atoms with E-state index in [1.54, 1.807) is 0 Å². The largest absolute Gasteiger partial charge is 0.381 e. The Hall–Kier alpha value is -1.52. The molecule has 1 amide bonds. The Bertz CT molecular complexity index is 774. The second-order valence-electron chi connectivity index (χ2n) is 7.80. The Morgan fingerprint density at radius 1 is 1.15 bits per heavy atom. The van der Waals surface area contributed by atoms with Gasteiger partial charge in [0.2, 0.25) is 0 Å². The van der Waals surface area contributed by atoms with Crippen LogP contribution in [0.25, 0.3) is 10.9 Å². The van der Waals surface area contributed by atoms with E-state index in [1.165, 1.54) is 38.5 Å². The molecule has 1 aliphatic heterocycles. The van der Waals surface area contributed by atoms with Gasteiger partial charge in [0.05, 0.1) is 29.3 Å². The fraction of sp³-hybridized carbons (Fsp3) is 0.571. The van der Waals surface area contributed by atoms with Crippen molar-refractivity contribution in [2.24, 2.45) is 11.8 Å². The van der Waals surface area contributed by atoms with Gasteiger partial charge in [0.1, 0.15) is 0 Å². The minimum atomic E-state index is -0.00374. The smallest absolute Gasteiger partial charge is 0.253 e. The molecule has 4 rings (SSSR count). The molecule has 26 heavy (non-hydrogen) atoms. The summed E-state index contributed by atoms with van der Waals surface area (Å²) in [6, 6.07) is 5.86. The lowest BCUT2D eigenvalue weighted by molar-refractivity contribution is -0.0388. The molecule has 5 heteroatoms. The first kappa shape index (κ1) is 17.9. The van der Waals surface area contributed by atoms with Gasteiger partial charge in [0.15, 0.2) is 0 Å². The molecular weight excluding hydrogens is 348 g/mol. The molecule has 1 saturated heterocycles. The predicted octanol–water partition coefficient (Wildman–Crippen LogP) is 4.64. The Labute approximate surface area is 159 Å². The minimum absolute atomic E-state index is 0.00374. The van der Waals surface area contributed by atoms with E-state index in [0.717, 1.165) is 37.2 Å². The monoisotopic (exact) mass is 374 g/mol. The quantitative estimate of drug-likeness (QED) is 0.774. The topological polar surface area (TPSA) is 43.3 Å². The van der Waals surface area contributed by atoms with Crippen LogP contribution in [0.1, 0.15) is 48.9 Å². The fourth-order valence-corrected chi connectivity index (χ4v) is 4.47. The van der Waals surface area contributed by atoms with Crippen molar-refractivity contribution in [2.45, 2.75) is 45.1 Å². The molecule has 2 heterocycles. The second-order valence-corrected chi connectivity index (χ2v) is 8.21. The molecule has 2 aromatic rings. The zero-order chi connectivity index (χ0) is 17.9. The lowest BCUT2D eigenvalue weighted by atomic mass is 10.0. The van der Waals surface area contributed by atoms with Crippen molar-refractivity contribution in [3.63, 3.8) is 0 Å². The molecule has 0 spiro atoms. The number of hydrogen-bond donors (Lipinski definition) is 1. The van der Waals surface area contributed by atoms with E-state index < -0.39 is 0 Å². The highest BCUT2D eigenvalue weighted by atomic mass is 35.5. The van der Waals surface area contributed by atoms with Gasteiger partial charge in [-0.05, 0) is 30.9 Å². The number of aromatic nitrogens is 1. The summed E-state index contributed by atoms with van der Waals surface area (Å²) in [4.78, 5) is 12.9. The lowest BCUT2D eigenvalue weighted by Gasteiger charge is -2.26. The first-order valence-electron chi connectivity index (χ1n) is 9.85. The summed E-state index contributed by atoms with van der Waals surface area (Å²) in [6.07, 6.45) is 9.66. The Morgan fingerprint density at radius 2 is 1.92 bits per heavy atom. The molecule has 1 saturated carbocycles. The fourth-order valence-electron chi connectivity index (χ4n) is 4.20. The number of fused-ring (bicyclic) bond motifs is 1. The maximum Gasteiger partial charge on any atom is 0.253 e. The summed E-state index contributed by atoms with van der Waals surface area (Å²) < 4.78 is 7.46. The lowest BCUT2D eigenvalue weighted by Crippen LogP contribution is -2.31. The Morgan fingerprint density at radius 3 is 2.62 bits per heavy atom. The highest BCUT2D eigenvalue weighted by Crippen LogP contribution is 2.30. The van der Waals surface area contributed by atoms with Crippen molar-refractivity contribution in [1.29, 1.82) is 0 Å². The highest BCUT2D eigenvalue weighted by molar-refractivity contribution is 6.36. The van der Waals surface area contributed by atoms with Gasteiger partial charge in [-0.1, -0.05) is 43.4 Å². The number of carbonyl (C=O) groups is 1. The number of amides is 1. The number of carbonyl (C=O) groups excluding carboxylic acids is 1. The minimum Gasteiger partial charge on any atom is -0.381 e. The number of rotatable bonds is 5. The molecule has 2 aliphatic rings. The van der Waals surface area contributed by atoms with Crippen LogP contribution >= 0.6 is 11.6 Å². The van der Waals surface area contributed by atoms with E-state index >= 15 is 0 Å². The van der Waals surface area contributed by atoms with E-state index in [-0.39, 0.29) is 5.91 Å². The van der Waals surface area contributed by atoms with Crippen LogP contribution in [0.5, 0.6) is 0 Å². The molecule has 0 bridgehead atoms. The van der Waals surface area contributed by atoms with Gasteiger partial charge in [0.25, 0.3) is 5.91 Å². The summed E-state index contributed by atoms with van der Waals surface area (Å²) in [6.45, 7) is 3.23.